The molecule has 0 bridgehead atoms. The van der Waals surface area contributed by atoms with Crippen LogP contribution in [0.5, 0.6) is 0 Å². The second kappa shape index (κ2) is 9.57. The van der Waals surface area contributed by atoms with Crippen molar-refractivity contribution in [3.05, 3.63) is 71.8 Å². The first kappa shape index (κ1) is 21.4. The zero-order valence-electron chi connectivity index (χ0n) is 18.9. The van der Waals surface area contributed by atoms with E-state index in [0.29, 0.717) is 6.54 Å². The fourth-order valence-electron chi connectivity index (χ4n) is 4.05. The van der Waals surface area contributed by atoms with Crippen LogP contribution in [0.4, 0.5) is 0 Å². The molecule has 0 aliphatic carbocycles. The number of imidazole rings is 2. The van der Waals surface area contributed by atoms with Crippen LogP contribution in [-0.4, -0.2) is 39.7 Å². The van der Waals surface area contributed by atoms with Gasteiger partial charge in [-0.05, 0) is 74.2 Å². The fraction of sp³-hybridized carbons (Fsp3) is 0.259. The number of aromatic nitrogens is 4. The van der Waals surface area contributed by atoms with Gasteiger partial charge in [-0.15, -0.1) is 0 Å². The molecule has 0 atom stereocenters. The molecule has 0 aliphatic rings. The molecule has 2 heterocycles. The molecule has 0 radical (unpaired) electrons. The molecule has 4 N–H and O–H groups in total. The number of aryl methyl sites for hydroxylation is 2. The third-order valence-electron chi connectivity index (χ3n) is 5.87. The first-order valence-electron chi connectivity index (χ1n) is 11.5. The zero-order valence-corrected chi connectivity index (χ0v) is 18.9. The zero-order chi connectivity index (χ0) is 22.6. The summed E-state index contributed by atoms with van der Waals surface area (Å²) in [5, 5.41) is 0. The fourth-order valence-corrected chi connectivity index (χ4v) is 4.05. The van der Waals surface area contributed by atoms with E-state index in [1.165, 1.54) is 11.1 Å². The van der Waals surface area contributed by atoms with Crippen LogP contribution < -0.4 is 5.73 Å². The van der Waals surface area contributed by atoms with Crippen molar-refractivity contribution in [2.24, 2.45) is 5.73 Å². The smallest absolute Gasteiger partial charge is 0.138 e. The van der Waals surface area contributed by atoms with Crippen LogP contribution in [0, 0.1) is 6.92 Å². The topological polar surface area (TPSA) is 92.6 Å². The first-order valence-corrected chi connectivity index (χ1v) is 11.5. The van der Waals surface area contributed by atoms with Gasteiger partial charge in [-0.1, -0.05) is 30.3 Å². The summed E-state index contributed by atoms with van der Waals surface area (Å²) < 4.78 is 5.58. The molecule has 0 aliphatic heterocycles. The van der Waals surface area contributed by atoms with Crippen LogP contribution in [0.2, 0.25) is 0 Å². The van der Waals surface area contributed by atoms with Crippen molar-refractivity contribution in [3.63, 3.8) is 0 Å². The maximum Gasteiger partial charge on any atom is 0.138 e. The van der Waals surface area contributed by atoms with Gasteiger partial charge in [0.05, 0.1) is 22.1 Å². The second-order valence-electron chi connectivity index (χ2n) is 8.48. The highest BCUT2D eigenvalue weighted by Crippen LogP contribution is 2.26. The molecular weight excluding hydrogens is 410 g/mol. The Labute approximate surface area is 193 Å². The lowest BCUT2D eigenvalue weighted by molar-refractivity contribution is 0.131. The van der Waals surface area contributed by atoms with E-state index in [-0.39, 0.29) is 0 Å². The van der Waals surface area contributed by atoms with E-state index in [1.54, 1.807) is 0 Å². The highest BCUT2D eigenvalue weighted by molar-refractivity contribution is 5.86. The van der Waals surface area contributed by atoms with Gasteiger partial charge in [0.15, 0.2) is 0 Å². The maximum absolute atomic E-state index is 5.58. The van der Waals surface area contributed by atoms with Gasteiger partial charge in [0.25, 0.3) is 0 Å². The molecule has 5 aromatic rings. The molecule has 0 spiro atoms. The summed E-state index contributed by atoms with van der Waals surface area (Å²) in [6.07, 6.45) is 2.94. The first-order chi connectivity index (χ1) is 16.2. The highest BCUT2D eigenvalue weighted by atomic mass is 16.5. The molecule has 2 aromatic heterocycles. The second-order valence-corrected chi connectivity index (χ2v) is 8.48. The lowest BCUT2D eigenvalue weighted by atomic mass is 10.1. The normalized spacial score (nSPS) is 11.6. The molecule has 6 nitrogen and oxygen atoms in total. The number of ether oxygens (including phenoxy) is 1. The summed E-state index contributed by atoms with van der Waals surface area (Å²) >= 11 is 0. The molecule has 0 unspecified atom stereocenters. The molecule has 168 valence electrons. The summed E-state index contributed by atoms with van der Waals surface area (Å²) in [5.74, 6) is 1.74. The van der Waals surface area contributed by atoms with Crippen LogP contribution >= 0.6 is 0 Å². The minimum Gasteiger partial charge on any atom is -0.381 e. The lowest BCUT2D eigenvalue weighted by Gasteiger charge is -2.04. The summed E-state index contributed by atoms with van der Waals surface area (Å²) in [6, 6.07) is 21.1. The van der Waals surface area contributed by atoms with E-state index < -0.39 is 0 Å². The van der Waals surface area contributed by atoms with Crippen LogP contribution in [0.25, 0.3) is 44.8 Å². The van der Waals surface area contributed by atoms with Gasteiger partial charge in [-0.3, -0.25) is 0 Å². The van der Waals surface area contributed by atoms with E-state index in [0.717, 1.165) is 77.3 Å². The van der Waals surface area contributed by atoms with Crippen LogP contribution in [0.15, 0.2) is 60.7 Å². The Hall–Kier alpha value is -3.48. The Morgan fingerprint density at radius 3 is 2.15 bits per heavy atom. The molecule has 0 amide bonds. The van der Waals surface area contributed by atoms with Crippen LogP contribution in [0.1, 0.15) is 24.0 Å². The number of hydrogen-bond donors (Lipinski definition) is 3. The Kier molecular flexibility index (Phi) is 6.19. The van der Waals surface area contributed by atoms with Crippen LogP contribution in [0.3, 0.4) is 0 Å². The van der Waals surface area contributed by atoms with E-state index in [4.69, 9.17) is 20.4 Å². The third-order valence-corrected chi connectivity index (χ3v) is 5.87. The number of rotatable bonds is 9. The van der Waals surface area contributed by atoms with Crippen molar-refractivity contribution in [3.8, 4) is 22.8 Å². The number of benzene rings is 3. The Morgan fingerprint density at radius 2 is 1.39 bits per heavy atom. The van der Waals surface area contributed by atoms with E-state index in [1.807, 2.05) is 6.07 Å². The molecule has 0 fully saturated rings. The quantitative estimate of drug-likeness (QED) is 0.269. The Bertz CT molecular complexity index is 1370. The van der Waals surface area contributed by atoms with Gasteiger partial charge in [0.1, 0.15) is 11.6 Å². The maximum atomic E-state index is 5.58. The van der Waals surface area contributed by atoms with Gasteiger partial charge < -0.3 is 20.4 Å². The monoisotopic (exact) mass is 439 g/mol. The number of nitrogens with two attached hydrogens (primary N) is 1. The predicted molar refractivity (Wildman–Crippen MR) is 134 cm³/mol. The van der Waals surface area contributed by atoms with E-state index in [2.05, 4.69) is 71.5 Å². The van der Waals surface area contributed by atoms with Gasteiger partial charge in [0.2, 0.25) is 0 Å². The van der Waals surface area contributed by atoms with Crippen LogP contribution in [-0.2, 0) is 11.2 Å². The molecule has 3 aromatic carbocycles. The van der Waals surface area contributed by atoms with Crippen molar-refractivity contribution in [1.82, 2.24) is 19.9 Å². The molecule has 0 saturated carbocycles. The number of H-pyrrole nitrogens is 2. The summed E-state index contributed by atoms with van der Waals surface area (Å²) in [4.78, 5) is 16.4. The number of hydrogen-bond acceptors (Lipinski definition) is 4. The minimum absolute atomic E-state index is 0.685. The molecule has 6 heteroatoms. The number of nitrogens with zero attached hydrogens (tertiary/aromatic N) is 2. The average Bonchev–Trinajstić information content (AvgIpc) is 3.45. The molecule has 5 rings (SSSR count). The summed E-state index contributed by atoms with van der Waals surface area (Å²) in [6.45, 7) is 4.30. The molecule has 33 heavy (non-hydrogen) atoms. The minimum atomic E-state index is 0.685. The van der Waals surface area contributed by atoms with E-state index >= 15 is 0 Å². The van der Waals surface area contributed by atoms with E-state index in [9.17, 15) is 0 Å². The standard InChI is InChI=1S/C27H29N5O/c1-18-5-11-22-24(16-18)31-27(30-22)21-10-12-23-25(17-21)32-26(29-23)20-8-6-19(7-9-20)4-2-14-33-15-3-13-28/h5-12,16-17H,2-4,13-15,28H2,1H3,(H,29,32)(H,30,31). The van der Waals surface area contributed by atoms with Crippen molar-refractivity contribution in [2.75, 3.05) is 19.8 Å². The largest absolute Gasteiger partial charge is 0.381 e. The van der Waals surface area contributed by atoms with Gasteiger partial charge in [-0.25, -0.2) is 9.97 Å². The lowest BCUT2D eigenvalue weighted by Crippen LogP contribution is -2.05. The SMILES string of the molecule is Cc1ccc2nc(-c3ccc4nc(-c5ccc(CCCOCCCN)cc5)[nH]c4c3)[nH]c2c1. The van der Waals surface area contributed by atoms with Gasteiger partial charge in [0, 0.05) is 24.3 Å². The average molecular weight is 440 g/mol. The molecular formula is C27H29N5O. The summed E-state index contributed by atoms with van der Waals surface area (Å²) in [5.41, 5.74) is 14.1. The number of aromatic amines is 2. The summed E-state index contributed by atoms with van der Waals surface area (Å²) in [7, 11) is 0. The predicted octanol–water partition coefficient (Wildman–Crippen LogP) is 5.38. The molecule has 0 saturated heterocycles. The highest BCUT2D eigenvalue weighted by Gasteiger charge is 2.10. The third kappa shape index (κ3) is 4.82. The number of fused-ring (bicyclic) bond motifs is 2. The van der Waals surface area contributed by atoms with Gasteiger partial charge >= 0.3 is 0 Å². The van der Waals surface area contributed by atoms with Crippen molar-refractivity contribution in [2.45, 2.75) is 26.2 Å². The van der Waals surface area contributed by atoms with Crippen molar-refractivity contribution >= 4 is 22.1 Å². The number of nitrogens with one attached hydrogen (secondary N) is 2. The van der Waals surface area contributed by atoms with Crippen molar-refractivity contribution < 1.29 is 4.74 Å². The Morgan fingerprint density at radius 1 is 0.758 bits per heavy atom. The van der Waals surface area contributed by atoms with Gasteiger partial charge in [-0.2, -0.15) is 0 Å². The Balaban J connectivity index is 1.30. The van der Waals surface area contributed by atoms with Crippen molar-refractivity contribution in [1.29, 1.82) is 0 Å².